The van der Waals surface area contributed by atoms with Gasteiger partial charge in [0, 0.05) is 9.75 Å². The summed E-state index contributed by atoms with van der Waals surface area (Å²) in [5, 5.41) is 4.59. The molecule has 0 bridgehead atoms. The average molecular weight is 971 g/mol. The predicted molar refractivity (Wildman–Crippen MR) is 295 cm³/mol. The molecule has 0 aliphatic heterocycles. The predicted octanol–water partition coefficient (Wildman–Crippen LogP) is 18.4. The summed E-state index contributed by atoms with van der Waals surface area (Å²) in [6.45, 7) is 12.0. The third-order valence-electron chi connectivity index (χ3n) is 14.8. The SMILES string of the molecule is CCCCCCOc1ccc(C2(c3ccc(OCCCCCC)cc3)c3cc4c(cc3-c3sccc32)C(c2ccc(OCCCCCC)cc2)(c2ccc(OCCCCCC)cc2)c2ccsc2-4)cc1. The highest BCUT2D eigenvalue weighted by atomic mass is 32.1. The van der Waals surface area contributed by atoms with Crippen LogP contribution in [0.3, 0.4) is 0 Å². The minimum absolute atomic E-state index is 0.562. The molecule has 0 unspecified atom stereocenters. The van der Waals surface area contributed by atoms with Crippen LogP contribution in [0.1, 0.15) is 175 Å². The van der Waals surface area contributed by atoms with Crippen LogP contribution in [-0.4, -0.2) is 26.4 Å². The first kappa shape index (κ1) is 49.7. The summed E-state index contributed by atoms with van der Waals surface area (Å²) in [6, 6.07) is 46.1. The highest BCUT2D eigenvalue weighted by Gasteiger charge is 2.52. The fourth-order valence-electron chi connectivity index (χ4n) is 11.2. The van der Waals surface area contributed by atoms with Gasteiger partial charge in [-0.1, -0.05) is 153 Å². The number of fused-ring (bicyclic) bond motifs is 6. The molecular formula is C64H74O4S2. The van der Waals surface area contributed by atoms with E-state index in [2.05, 4.69) is 160 Å². The van der Waals surface area contributed by atoms with Crippen molar-refractivity contribution >= 4 is 22.7 Å². The molecule has 2 aromatic heterocycles. The van der Waals surface area contributed by atoms with Crippen molar-refractivity contribution in [2.24, 2.45) is 0 Å². The van der Waals surface area contributed by atoms with E-state index in [0.29, 0.717) is 0 Å². The summed E-state index contributed by atoms with van der Waals surface area (Å²) in [4.78, 5) is 2.65. The molecular weight excluding hydrogens is 897 g/mol. The van der Waals surface area contributed by atoms with E-state index in [-0.39, 0.29) is 0 Å². The van der Waals surface area contributed by atoms with Crippen molar-refractivity contribution in [2.45, 2.75) is 141 Å². The van der Waals surface area contributed by atoms with Gasteiger partial charge in [-0.15, -0.1) is 22.7 Å². The van der Waals surface area contributed by atoms with E-state index in [0.717, 1.165) is 75.1 Å². The Morgan fingerprint density at radius 1 is 0.314 bits per heavy atom. The van der Waals surface area contributed by atoms with Crippen molar-refractivity contribution in [3.8, 4) is 43.9 Å². The van der Waals surface area contributed by atoms with Crippen molar-refractivity contribution in [2.75, 3.05) is 26.4 Å². The van der Waals surface area contributed by atoms with Gasteiger partial charge in [0.05, 0.1) is 37.3 Å². The van der Waals surface area contributed by atoms with Crippen LogP contribution in [0.4, 0.5) is 0 Å². The zero-order chi connectivity index (χ0) is 48.2. The van der Waals surface area contributed by atoms with Gasteiger partial charge in [-0.3, -0.25) is 0 Å². The number of unbranched alkanes of at least 4 members (excludes halogenated alkanes) is 12. The highest BCUT2D eigenvalue weighted by Crippen LogP contribution is 2.64. The van der Waals surface area contributed by atoms with Gasteiger partial charge in [0.25, 0.3) is 0 Å². The first-order valence-electron chi connectivity index (χ1n) is 26.9. The molecule has 0 saturated carbocycles. The van der Waals surface area contributed by atoms with E-state index in [1.165, 1.54) is 142 Å². The minimum Gasteiger partial charge on any atom is -0.494 e. The molecule has 4 nitrogen and oxygen atoms in total. The van der Waals surface area contributed by atoms with E-state index < -0.39 is 10.8 Å². The van der Waals surface area contributed by atoms with Gasteiger partial charge >= 0.3 is 0 Å². The molecule has 0 atom stereocenters. The molecule has 2 aliphatic carbocycles. The number of benzene rings is 5. The maximum Gasteiger partial charge on any atom is 0.119 e. The molecule has 2 aliphatic rings. The number of ether oxygens (including phenoxy) is 4. The van der Waals surface area contributed by atoms with Gasteiger partial charge in [0.15, 0.2) is 0 Å². The topological polar surface area (TPSA) is 36.9 Å². The lowest BCUT2D eigenvalue weighted by Crippen LogP contribution is -2.29. The van der Waals surface area contributed by atoms with E-state index in [4.69, 9.17) is 18.9 Å². The Labute approximate surface area is 427 Å². The smallest absolute Gasteiger partial charge is 0.119 e. The van der Waals surface area contributed by atoms with Gasteiger partial charge in [-0.25, -0.2) is 0 Å². The molecule has 9 rings (SSSR count). The fraction of sp³-hybridized carbons (Fsp3) is 0.406. The molecule has 5 aromatic carbocycles. The van der Waals surface area contributed by atoms with Gasteiger partial charge in [0.1, 0.15) is 23.0 Å². The molecule has 70 heavy (non-hydrogen) atoms. The van der Waals surface area contributed by atoms with Crippen molar-refractivity contribution in [3.05, 3.63) is 177 Å². The molecule has 366 valence electrons. The largest absolute Gasteiger partial charge is 0.494 e. The Morgan fingerprint density at radius 3 is 0.843 bits per heavy atom. The van der Waals surface area contributed by atoms with E-state index in [1.54, 1.807) is 0 Å². The lowest BCUT2D eigenvalue weighted by Gasteiger charge is -2.35. The lowest BCUT2D eigenvalue weighted by atomic mass is 9.66. The van der Waals surface area contributed by atoms with Crippen LogP contribution >= 0.6 is 22.7 Å². The lowest BCUT2D eigenvalue weighted by molar-refractivity contribution is 0.304. The Bertz CT molecular complexity index is 2400. The Morgan fingerprint density at radius 2 is 0.586 bits per heavy atom. The fourth-order valence-corrected chi connectivity index (χ4v) is 13.1. The molecule has 2 heterocycles. The third kappa shape index (κ3) is 9.97. The van der Waals surface area contributed by atoms with Crippen LogP contribution in [-0.2, 0) is 10.8 Å². The molecule has 0 N–H and O–H groups in total. The molecule has 7 aromatic rings. The highest BCUT2D eigenvalue weighted by molar-refractivity contribution is 7.14. The summed E-state index contributed by atoms with van der Waals surface area (Å²) in [5.41, 5.74) is 11.7. The molecule has 0 saturated heterocycles. The van der Waals surface area contributed by atoms with Gasteiger partial charge < -0.3 is 18.9 Å². The van der Waals surface area contributed by atoms with E-state index in [9.17, 15) is 0 Å². The first-order chi connectivity index (χ1) is 34.6. The first-order valence-corrected chi connectivity index (χ1v) is 28.6. The third-order valence-corrected chi connectivity index (χ3v) is 16.7. The van der Waals surface area contributed by atoms with E-state index in [1.807, 2.05) is 22.7 Å². The second-order valence-electron chi connectivity index (χ2n) is 19.5. The van der Waals surface area contributed by atoms with Crippen molar-refractivity contribution in [1.29, 1.82) is 0 Å². The van der Waals surface area contributed by atoms with Crippen molar-refractivity contribution in [1.82, 2.24) is 0 Å². The van der Waals surface area contributed by atoms with Crippen LogP contribution in [0.25, 0.3) is 20.9 Å². The van der Waals surface area contributed by atoms with Crippen LogP contribution in [0.15, 0.2) is 132 Å². The standard InChI is InChI=1S/C64H74O4S2/c1-5-9-13-17-39-65-51-29-21-47(22-30-51)63(48-23-31-52(32-24-48)66-40-18-14-10-6-2)57-37-43-69-61(57)55-46-60-56(45-59(55)63)62-58(38-44-70-62)64(60,49-25-33-53(34-26-49)67-41-19-15-11-7-3)50-27-35-54(36-28-50)68-42-20-16-12-8-4/h21-38,43-46H,5-20,39-42H2,1-4H3. The second kappa shape index (κ2) is 23.7. The summed E-state index contributed by atoms with van der Waals surface area (Å²) in [7, 11) is 0. The average Bonchev–Trinajstić information content (AvgIpc) is 4.19. The molecule has 0 amide bonds. The minimum atomic E-state index is -0.562. The van der Waals surface area contributed by atoms with Crippen LogP contribution < -0.4 is 18.9 Å². The Hall–Kier alpha value is -5.30. The van der Waals surface area contributed by atoms with Crippen molar-refractivity contribution in [3.63, 3.8) is 0 Å². The second-order valence-corrected chi connectivity index (χ2v) is 21.3. The maximum absolute atomic E-state index is 6.36. The summed E-state index contributed by atoms with van der Waals surface area (Å²) >= 11 is 3.72. The monoisotopic (exact) mass is 971 g/mol. The van der Waals surface area contributed by atoms with E-state index >= 15 is 0 Å². The number of thiophene rings is 2. The summed E-state index contributed by atoms with van der Waals surface area (Å²) in [6.07, 6.45) is 18.9. The van der Waals surface area contributed by atoms with Gasteiger partial charge in [-0.05, 0) is 165 Å². The normalized spacial score (nSPS) is 13.7. The number of rotatable bonds is 28. The van der Waals surface area contributed by atoms with Crippen molar-refractivity contribution < 1.29 is 18.9 Å². The molecule has 0 fully saturated rings. The van der Waals surface area contributed by atoms with Crippen LogP contribution in [0, 0.1) is 0 Å². The van der Waals surface area contributed by atoms with Gasteiger partial charge in [0.2, 0.25) is 0 Å². The maximum atomic E-state index is 6.36. The summed E-state index contributed by atoms with van der Waals surface area (Å²) < 4.78 is 25.4. The van der Waals surface area contributed by atoms with Crippen LogP contribution in [0.5, 0.6) is 23.0 Å². The zero-order valence-corrected chi connectivity index (χ0v) is 43.9. The Balaban J connectivity index is 1.17. The molecule has 0 radical (unpaired) electrons. The zero-order valence-electron chi connectivity index (χ0n) is 42.3. The Kier molecular flexibility index (Phi) is 16.8. The number of hydrogen-bond donors (Lipinski definition) is 0. The number of hydrogen-bond acceptors (Lipinski definition) is 6. The summed E-state index contributed by atoms with van der Waals surface area (Å²) in [5.74, 6) is 3.70. The van der Waals surface area contributed by atoms with Gasteiger partial charge in [-0.2, -0.15) is 0 Å². The quantitative estimate of drug-likeness (QED) is 0.0458. The molecule has 6 heteroatoms. The van der Waals surface area contributed by atoms with Crippen LogP contribution in [0.2, 0.25) is 0 Å². The molecule has 0 spiro atoms.